The van der Waals surface area contributed by atoms with Crippen LogP contribution in [0.1, 0.15) is 25.3 Å². The molecule has 0 aliphatic heterocycles. The Morgan fingerprint density at radius 2 is 1.91 bits per heavy atom. The van der Waals surface area contributed by atoms with Crippen LogP contribution in [0.3, 0.4) is 0 Å². The van der Waals surface area contributed by atoms with E-state index in [1.165, 1.54) is 5.56 Å². The summed E-state index contributed by atoms with van der Waals surface area (Å²) in [4.78, 5) is 6.63. The molecule has 2 aromatic heterocycles. The van der Waals surface area contributed by atoms with Gasteiger partial charge in [-0.25, -0.2) is 0 Å². The molecular weight excluding hydrogens is 278 g/mol. The standard InChI is InChI=1S/C17H19N3O2/c1-12(2)20(14-8-6-13(3)7-9-14)11-16-18-17(19-22-16)15-5-4-10-21-15/h4-10,12H,11H2,1-3H3. The van der Waals surface area contributed by atoms with Gasteiger partial charge in [-0.05, 0) is 45.0 Å². The Kier molecular flexibility index (Phi) is 3.96. The molecule has 0 aliphatic rings. The summed E-state index contributed by atoms with van der Waals surface area (Å²) >= 11 is 0. The summed E-state index contributed by atoms with van der Waals surface area (Å²) in [6.45, 7) is 6.93. The number of anilines is 1. The van der Waals surface area contributed by atoms with E-state index in [-0.39, 0.29) is 0 Å². The van der Waals surface area contributed by atoms with Gasteiger partial charge in [0, 0.05) is 11.7 Å². The zero-order valence-electron chi connectivity index (χ0n) is 13.0. The van der Waals surface area contributed by atoms with Crippen molar-refractivity contribution in [2.45, 2.75) is 33.4 Å². The third-order valence-corrected chi connectivity index (χ3v) is 3.50. The highest BCUT2D eigenvalue weighted by molar-refractivity contribution is 5.49. The second kappa shape index (κ2) is 6.05. The molecule has 2 heterocycles. The fourth-order valence-electron chi connectivity index (χ4n) is 2.28. The van der Waals surface area contributed by atoms with Crippen LogP contribution >= 0.6 is 0 Å². The molecule has 0 unspecified atom stereocenters. The van der Waals surface area contributed by atoms with Crippen molar-refractivity contribution in [3.8, 4) is 11.6 Å². The molecule has 5 heteroatoms. The van der Waals surface area contributed by atoms with E-state index in [2.05, 4.69) is 60.1 Å². The lowest BCUT2D eigenvalue weighted by Gasteiger charge is -2.27. The minimum atomic E-state index is 0.321. The van der Waals surface area contributed by atoms with E-state index in [1.807, 2.05) is 6.07 Å². The third kappa shape index (κ3) is 3.03. The molecule has 3 rings (SSSR count). The Bertz CT molecular complexity index is 715. The van der Waals surface area contributed by atoms with Crippen LogP contribution in [0.4, 0.5) is 5.69 Å². The van der Waals surface area contributed by atoms with Gasteiger partial charge in [-0.1, -0.05) is 22.9 Å². The molecule has 0 atom stereocenters. The zero-order valence-corrected chi connectivity index (χ0v) is 13.0. The first-order valence-electron chi connectivity index (χ1n) is 7.33. The van der Waals surface area contributed by atoms with Crippen molar-refractivity contribution < 1.29 is 8.94 Å². The predicted octanol–water partition coefficient (Wildman–Crippen LogP) is 4.05. The average molecular weight is 297 g/mol. The van der Waals surface area contributed by atoms with Crippen LogP contribution in [0.25, 0.3) is 11.6 Å². The molecule has 3 aromatic rings. The maximum Gasteiger partial charge on any atom is 0.246 e. The van der Waals surface area contributed by atoms with E-state index in [1.54, 1.807) is 12.3 Å². The van der Waals surface area contributed by atoms with Gasteiger partial charge >= 0.3 is 0 Å². The Morgan fingerprint density at radius 1 is 1.14 bits per heavy atom. The lowest BCUT2D eigenvalue weighted by Crippen LogP contribution is -2.30. The van der Waals surface area contributed by atoms with Gasteiger partial charge in [-0.15, -0.1) is 0 Å². The molecule has 1 aromatic carbocycles. The maximum absolute atomic E-state index is 5.35. The van der Waals surface area contributed by atoms with Crippen molar-refractivity contribution in [1.82, 2.24) is 10.1 Å². The molecule has 0 N–H and O–H groups in total. The molecule has 0 fully saturated rings. The fraction of sp³-hybridized carbons (Fsp3) is 0.294. The Morgan fingerprint density at radius 3 is 2.55 bits per heavy atom. The Balaban J connectivity index is 1.81. The second-order valence-electron chi connectivity index (χ2n) is 5.55. The second-order valence-corrected chi connectivity index (χ2v) is 5.55. The van der Waals surface area contributed by atoms with Crippen molar-refractivity contribution in [3.05, 3.63) is 54.1 Å². The molecule has 0 saturated heterocycles. The summed E-state index contributed by atoms with van der Waals surface area (Å²) in [6.07, 6.45) is 1.60. The van der Waals surface area contributed by atoms with Crippen LogP contribution in [-0.2, 0) is 6.54 Å². The van der Waals surface area contributed by atoms with Gasteiger partial charge in [0.15, 0.2) is 5.76 Å². The fourth-order valence-corrected chi connectivity index (χ4v) is 2.28. The van der Waals surface area contributed by atoms with Gasteiger partial charge in [0.05, 0.1) is 12.8 Å². The van der Waals surface area contributed by atoms with Gasteiger partial charge < -0.3 is 13.8 Å². The van der Waals surface area contributed by atoms with Crippen LogP contribution in [-0.4, -0.2) is 16.2 Å². The molecule has 5 nitrogen and oxygen atoms in total. The maximum atomic E-state index is 5.35. The number of rotatable bonds is 5. The van der Waals surface area contributed by atoms with E-state index in [9.17, 15) is 0 Å². The molecule has 0 spiro atoms. The first-order chi connectivity index (χ1) is 10.6. The van der Waals surface area contributed by atoms with E-state index in [0.29, 0.717) is 30.1 Å². The zero-order chi connectivity index (χ0) is 15.5. The minimum Gasteiger partial charge on any atom is -0.461 e. The number of aryl methyl sites for hydroxylation is 1. The molecule has 114 valence electrons. The highest BCUT2D eigenvalue weighted by Gasteiger charge is 2.17. The van der Waals surface area contributed by atoms with Crippen LogP contribution in [0.5, 0.6) is 0 Å². The van der Waals surface area contributed by atoms with E-state index >= 15 is 0 Å². The van der Waals surface area contributed by atoms with Crippen molar-refractivity contribution in [2.75, 3.05) is 4.90 Å². The molecule has 0 radical (unpaired) electrons. The SMILES string of the molecule is Cc1ccc(N(Cc2nc(-c3ccco3)no2)C(C)C)cc1. The Labute approximate surface area is 129 Å². The van der Waals surface area contributed by atoms with Crippen LogP contribution in [0, 0.1) is 6.92 Å². The quantitative estimate of drug-likeness (QED) is 0.711. The number of aromatic nitrogens is 2. The van der Waals surface area contributed by atoms with Crippen LogP contribution in [0.2, 0.25) is 0 Å². The highest BCUT2D eigenvalue weighted by Crippen LogP contribution is 2.22. The summed E-state index contributed by atoms with van der Waals surface area (Å²) in [5.74, 6) is 1.66. The van der Waals surface area contributed by atoms with Crippen LogP contribution in [0.15, 0.2) is 51.6 Å². The first-order valence-corrected chi connectivity index (χ1v) is 7.33. The number of hydrogen-bond donors (Lipinski definition) is 0. The summed E-state index contributed by atoms with van der Waals surface area (Å²) in [7, 11) is 0. The van der Waals surface area contributed by atoms with Crippen molar-refractivity contribution in [1.29, 1.82) is 0 Å². The lowest BCUT2D eigenvalue weighted by molar-refractivity contribution is 0.372. The Hall–Kier alpha value is -2.56. The van der Waals surface area contributed by atoms with E-state index in [4.69, 9.17) is 8.94 Å². The van der Waals surface area contributed by atoms with Crippen molar-refractivity contribution in [3.63, 3.8) is 0 Å². The molecule has 22 heavy (non-hydrogen) atoms. The molecule has 0 aliphatic carbocycles. The molecular formula is C17H19N3O2. The molecule has 0 saturated carbocycles. The minimum absolute atomic E-state index is 0.321. The normalized spacial score (nSPS) is 11.1. The van der Waals surface area contributed by atoms with Gasteiger partial charge in [-0.3, -0.25) is 0 Å². The summed E-state index contributed by atoms with van der Waals surface area (Å²) in [5.41, 5.74) is 2.38. The van der Waals surface area contributed by atoms with Gasteiger partial charge in [0.25, 0.3) is 0 Å². The number of hydrogen-bond acceptors (Lipinski definition) is 5. The smallest absolute Gasteiger partial charge is 0.246 e. The molecule has 0 bridgehead atoms. The third-order valence-electron chi connectivity index (χ3n) is 3.50. The van der Waals surface area contributed by atoms with E-state index in [0.717, 1.165) is 5.69 Å². The average Bonchev–Trinajstić information content (AvgIpc) is 3.17. The summed E-state index contributed by atoms with van der Waals surface area (Å²) in [6, 6.07) is 12.4. The van der Waals surface area contributed by atoms with E-state index < -0.39 is 0 Å². The number of furan rings is 1. The summed E-state index contributed by atoms with van der Waals surface area (Å²) < 4.78 is 10.6. The lowest BCUT2D eigenvalue weighted by atomic mass is 10.2. The van der Waals surface area contributed by atoms with Crippen molar-refractivity contribution >= 4 is 5.69 Å². The number of benzene rings is 1. The first kappa shape index (κ1) is 14.4. The van der Waals surface area contributed by atoms with Gasteiger partial charge in [-0.2, -0.15) is 4.98 Å². The summed E-state index contributed by atoms with van der Waals surface area (Å²) in [5, 5.41) is 3.97. The predicted molar refractivity (Wildman–Crippen MR) is 84.5 cm³/mol. The monoisotopic (exact) mass is 297 g/mol. The highest BCUT2D eigenvalue weighted by atomic mass is 16.5. The van der Waals surface area contributed by atoms with Crippen molar-refractivity contribution in [2.24, 2.45) is 0 Å². The largest absolute Gasteiger partial charge is 0.461 e. The van der Waals surface area contributed by atoms with Crippen LogP contribution < -0.4 is 4.90 Å². The number of nitrogens with zero attached hydrogens (tertiary/aromatic N) is 3. The topological polar surface area (TPSA) is 55.3 Å². The van der Waals surface area contributed by atoms with Gasteiger partial charge in [0.2, 0.25) is 11.7 Å². The van der Waals surface area contributed by atoms with Gasteiger partial charge in [0.1, 0.15) is 0 Å². The molecule has 0 amide bonds.